The lowest BCUT2D eigenvalue weighted by Crippen LogP contribution is -2.26. The second-order valence-electron chi connectivity index (χ2n) is 6.29. The minimum absolute atomic E-state index is 0.0146. The number of benzene rings is 1. The van der Waals surface area contributed by atoms with E-state index in [2.05, 4.69) is 10.3 Å². The van der Waals surface area contributed by atoms with Gasteiger partial charge in [-0.2, -0.15) is 0 Å². The lowest BCUT2D eigenvalue weighted by molar-refractivity contribution is -0.116. The van der Waals surface area contributed by atoms with Crippen LogP contribution in [0.1, 0.15) is 25.8 Å². The minimum Gasteiger partial charge on any atom is -0.475 e. The van der Waals surface area contributed by atoms with Crippen molar-refractivity contribution in [3.8, 4) is 5.88 Å². The number of carbonyl (C=O) groups excluding carboxylic acids is 1. The third-order valence-corrected chi connectivity index (χ3v) is 6.12. The molecular formula is C18H20N2O4S. The molecule has 25 heavy (non-hydrogen) atoms. The van der Waals surface area contributed by atoms with Crippen molar-refractivity contribution in [1.29, 1.82) is 0 Å². The monoisotopic (exact) mass is 360 g/mol. The molecule has 2 heterocycles. The van der Waals surface area contributed by atoms with Crippen LogP contribution in [0.2, 0.25) is 0 Å². The average Bonchev–Trinajstić information content (AvgIpc) is 2.64. The number of rotatable bonds is 4. The van der Waals surface area contributed by atoms with Crippen LogP contribution in [-0.4, -0.2) is 30.7 Å². The van der Waals surface area contributed by atoms with E-state index in [1.807, 2.05) is 13.8 Å². The van der Waals surface area contributed by atoms with Crippen LogP contribution in [-0.2, 0) is 21.1 Å². The number of nitrogens with zero attached hydrogens (tertiary/aromatic N) is 1. The molecule has 1 aliphatic rings. The summed E-state index contributed by atoms with van der Waals surface area (Å²) in [4.78, 5) is 16.5. The molecule has 1 amide bonds. The molecule has 1 aliphatic heterocycles. The second-order valence-corrected chi connectivity index (χ2v) is 8.49. The number of pyridine rings is 1. The SMILES string of the molecule is CC(C)Oc1ccc(CC2CC(=O)Nc3ccccc3S2(=O)=O)cn1. The molecule has 0 saturated carbocycles. The molecule has 1 aromatic carbocycles. The number of hydrogen-bond acceptors (Lipinski definition) is 5. The molecule has 6 nitrogen and oxygen atoms in total. The van der Waals surface area contributed by atoms with Gasteiger partial charge in [0.1, 0.15) is 0 Å². The molecule has 0 spiro atoms. The van der Waals surface area contributed by atoms with Gasteiger partial charge in [-0.05, 0) is 38.0 Å². The number of amides is 1. The summed E-state index contributed by atoms with van der Waals surface area (Å²) in [6, 6.07) is 9.99. The van der Waals surface area contributed by atoms with E-state index in [4.69, 9.17) is 4.74 Å². The average molecular weight is 360 g/mol. The summed E-state index contributed by atoms with van der Waals surface area (Å²) in [5.41, 5.74) is 1.09. The topological polar surface area (TPSA) is 85.4 Å². The molecular weight excluding hydrogens is 340 g/mol. The van der Waals surface area contributed by atoms with Crippen LogP contribution >= 0.6 is 0 Å². The van der Waals surface area contributed by atoms with Gasteiger partial charge in [-0.25, -0.2) is 13.4 Å². The fourth-order valence-electron chi connectivity index (χ4n) is 2.80. The maximum Gasteiger partial charge on any atom is 0.225 e. The van der Waals surface area contributed by atoms with Crippen molar-refractivity contribution in [2.24, 2.45) is 0 Å². The van der Waals surface area contributed by atoms with Gasteiger partial charge in [0.15, 0.2) is 9.84 Å². The first-order valence-electron chi connectivity index (χ1n) is 8.10. The molecule has 0 radical (unpaired) electrons. The van der Waals surface area contributed by atoms with E-state index in [1.165, 1.54) is 6.07 Å². The van der Waals surface area contributed by atoms with Crippen LogP contribution in [0.4, 0.5) is 5.69 Å². The van der Waals surface area contributed by atoms with Gasteiger partial charge in [0.2, 0.25) is 11.8 Å². The second kappa shape index (κ2) is 6.84. The van der Waals surface area contributed by atoms with Crippen LogP contribution in [0, 0.1) is 0 Å². The summed E-state index contributed by atoms with van der Waals surface area (Å²) in [6.07, 6.45) is 1.75. The van der Waals surface area contributed by atoms with E-state index in [0.717, 1.165) is 5.56 Å². The summed E-state index contributed by atoms with van der Waals surface area (Å²) in [6.45, 7) is 3.81. The van der Waals surface area contributed by atoms with Crippen LogP contribution in [0.25, 0.3) is 0 Å². The third-order valence-electron chi connectivity index (χ3n) is 3.94. The standard InChI is InChI=1S/C18H20N2O4S/c1-12(2)24-18-8-7-13(11-19-18)9-14-10-17(21)20-15-5-3-4-6-16(15)25(14,22)23/h3-8,11-12,14H,9-10H2,1-2H3,(H,20,21). The Morgan fingerprint density at radius 3 is 2.68 bits per heavy atom. The number of fused-ring (bicyclic) bond motifs is 1. The number of para-hydroxylation sites is 1. The van der Waals surface area contributed by atoms with Gasteiger partial charge in [0, 0.05) is 18.7 Å². The molecule has 0 saturated heterocycles. The van der Waals surface area contributed by atoms with Crippen molar-refractivity contribution in [3.05, 3.63) is 48.2 Å². The largest absolute Gasteiger partial charge is 0.475 e. The van der Waals surface area contributed by atoms with Gasteiger partial charge < -0.3 is 10.1 Å². The van der Waals surface area contributed by atoms with Gasteiger partial charge in [0.05, 0.1) is 21.9 Å². The predicted octanol–water partition coefficient (Wildman–Crippen LogP) is 2.60. The fraction of sp³-hybridized carbons (Fsp3) is 0.333. The summed E-state index contributed by atoms with van der Waals surface area (Å²) in [7, 11) is -3.62. The summed E-state index contributed by atoms with van der Waals surface area (Å²) in [5, 5.41) is 1.85. The van der Waals surface area contributed by atoms with E-state index < -0.39 is 15.1 Å². The highest BCUT2D eigenvalue weighted by atomic mass is 32.2. The zero-order valence-corrected chi connectivity index (χ0v) is 14.9. The van der Waals surface area contributed by atoms with E-state index >= 15 is 0 Å². The Hall–Kier alpha value is -2.41. The maximum absolute atomic E-state index is 12.9. The first-order chi connectivity index (χ1) is 11.9. The molecule has 1 atom stereocenters. The molecule has 1 N–H and O–H groups in total. The van der Waals surface area contributed by atoms with Crippen LogP contribution in [0.3, 0.4) is 0 Å². The van der Waals surface area contributed by atoms with Gasteiger partial charge in [-0.1, -0.05) is 18.2 Å². The first-order valence-corrected chi connectivity index (χ1v) is 9.65. The molecule has 1 unspecified atom stereocenters. The highest BCUT2D eigenvalue weighted by molar-refractivity contribution is 7.92. The Bertz CT molecular complexity index is 876. The number of anilines is 1. The van der Waals surface area contributed by atoms with Crippen LogP contribution in [0.5, 0.6) is 5.88 Å². The number of nitrogens with one attached hydrogen (secondary N) is 1. The Morgan fingerprint density at radius 1 is 1.24 bits per heavy atom. The van der Waals surface area contributed by atoms with E-state index in [9.17, 15) is 13.2 Å². The Kier molecular flexibility index (Phi) is 4.76. The van der Waals surface area contributed by atoms with Gasteiger partial charge in [-0.3, -0.25) is 4.79 Å². The van der Waals surface area contributed by atoms with Crippen molar-refractivity contribution >= 4 is 21.4 Å². The molecule has 0 aliphatic carbocycles. The number of sulfone groups is 1. The number of ether oxygens (including phenoxy) is 1. The number of aromatic nitrogens is 1. The van der Waals surface area contributed by atoms with E-state index in [0.29, 0.717) is 11.6 Å². The quantitative estimate of drug-likeness (QED) is 0.906. The number of hydrogen-bond donors (Lipinski definition) is 1. The van der Waals surface area contributed by atoms with E-state index in [-0.39, 0.29) is 29.7 Å². The van der Waals surface area contributed by atoms with Crippen LogP contribution in [0.15, 0.2) is 47.5 Å². The zero-order valence-electron chi connectivity index (χ0n) is 14.1. The molecule has 132 valence electrons. The number of carbonyl (C=O) groups is 1. The Morgan fingerprint density at radius 2 is 2.00 bits per heavy atom. The molecule has 0 bridgehead atoms. The highest BCUT2D eigenvalue weighted by Crippen LogP contribution is 2.31. The van der Waals surface area contributed by atoms with Crippen molar-refractivity contribution in [2.45, 2.75) is 42.9 Å². The van der Waals surface area contributed by atoms with Gasteiger partial charge in [-0.15, -0.1) is 0 Å². The van der Waals surface area contributed by atoms with Crippen molar-refractivity contribution in [2.75, 3.05) is 5.32 Å². The molecule has 2 aromatic rings. The Labute approximate surface area is 147 Å². The van der Waals surface area contributed by atoms with Gasteiger partial charge in [0.25, 0.3) is 0 Å². The molecule has 7 heteroatoms. The molecule has 3 rings (SSSR count). The van der Waals surface area contributed by atoms with Crippen LogP contribution < -0.4 is 10.1 Å². The normalized spacial score (nSPS) is 19.0. The van der Waals surface area contributed by atoms with Crippen molar-refractivity contribution in [3.63, 3.8) is 0 Å². The summed E-state index contributed by atoms with van der Waals surface area (Å²) >= 11 is 0. The lowest BCUT2D eigenvalue weighted by atomic mass is 10.1. The summed E-state index contributed by atoms with van der Waals surface area (Å²) < 4.78 is 31.4. The zero-order chi connectivity index (χ0) is 18.0. The predicted molar refractivity (Wildman–Crippen MR) is 94.4 cm³/mol. The molecule has 0 fully saturated rings. The third kappa shape index (κ3) is 3.82. The first kappa shape index (κ1) is 17.4. The van der Waals surface area contributed by atoms with Crippen molar-refractivity contribution in [1.82, 2.24) is 4.98 Å². The lowest BCUT2D eigenvalue weighted by Gasteiger charge is -2.15. The minimum atomic E-state index is -3.62. The maximum atomic E-state index is 12.9. The van der Waals surface area contributed by atoms with Crippen molar-refractivity contribution < 1.29 is 17.9 Å². The smallest absolute Gasteiger partial charge is 0.225 e. The highest BCUT2D eigenvalue weighted by Gasteiger charge is 2.35. The molecule has 1 aromatic heterocycles. The Balaban J connectivity index is 1.88. The summed E-state index contributed by atoms with van der Waals surface area (Å²) in [5.74, 6) is 0.191. The van der Waals surface area contributed by atoms with Gasteiger partial charge >= 0.3 is 0 Å². The fourth-order valence-corrected chi connectivity index (χ4v) is 4.64. The van der Waals surface area contributed by atoms with E-state index in [1.54, 1.807) is 36.5 Å².